The zero-order valence-electron chi connectivity index (χ0n) is 13.1. The molecule has 1 saturated heterocycles. The lowest BCUT2D eigenvalue weighted by atomic mass is 10.4. The van der Waals surface area contributed by atoms with Crippen molar-refractivity contribution in [1.29, 1.82) is 0 Å². The number of terminal acetylenes is 1. The molecule has 0 radical (unpaired) electrons. The lowest BCUT2D eigenvalue weighted by Gasteiger charge is -2.35. The lowest BCUT2D eigenvalue weighted by Crippen LogP contribution is -2.53. The second-order valence-corrected chi connectivity index (χ2v) is 6.98. The Morgan fingerprint density at radius 1 is 1.48 bits per heavy atom. The van der Waals surface area contributed by atoms with E-state index in [0.717, 1.165) is 12.5 Å². The van der Waals surface area contributed by atoms with E-state index in [1.807, 2.05) is 11.8 Å². The van der Waals surface area contributed by atoms with Crippen LogP contribution in [0.3, 0.4) is 0 Å². The molecule has 1 aliphatic heterocycles. The van der Waals surface area contributed by atoms with Gasteiger partial charge in [0.05, 0.1) is 5.69 Å². The molecule has 23 heavy (non-hydrogen) atoms. The van der Waals surface area contributed by atoms with Crippen LogP contribution in [0.5, 0.6) is 0 Å². The van der Waals surface area contributed by atoms with Crippen molar-refractivity contribution in [3.63, 3.8) is 0 Å². The third-order valence-corrected chi connectivity index (χ3v) is 5.22. The zero-order chi connectivity index (χ0) is 16.7. The molecule has 0 aliphatic carbocycles. The first-order valence-corrected chi connectivity index (χ1v) is 9.01. The van der Waals surface area contributed by atoms with E-state index in [2.05, 4.69) is 25.9 Å². The maximum absolute atomic E-state index is 12.4. The highest BCUT2D eigenvalue weighted by Crippen LogP contribution is 2.12. The molecular weight excluding hydrogens is 318 g/mol. The highest BCUT2D eigenvalue weighted by Gasteiger charge is 2.28. The minimum atomic E-state index is -3.39. The summed E-state index contributed by atoms with van der Waals surface area (Å²) in [4.78, 5) is 6.33. The van der Waals surface area contributed by atoms with Crippen LogP contribution in [-0.2, 0) is 15.8 Å². The van der Waals surface area contributed by atoms with Gasteiger partial charge in [0.2, 0.25) is 10.0 Å². The number of sulfonamides is 1. The molecule has 0 bridgehead atoms. The van der Waals surface area contributed by atoms with Gasteiger partial charge in [-0.2, -0.15) is 4.31 Å². The van der Waals surface area contributed by atoms with Crippen LogP contribution in [-0.4, -0.2) is 68.0 Å². The van der Waals surface area contributed by atoms with Crippen molar-refractivity contribution in [3.05, 3.63) is 18.0 Å². The topological polar surface area (TPSA) is 91.0 Å². The first kappa shape index (κ1) is 17.3. The fraction of sp³-hybridized carbons (Fsp3) is 0.571. The summed E-state index contributed by atoms with van der Waals surface area (Å²) in [5, 5.41) is 6.83. The van der Waals surface area contributed by atoms with Crippen molar-refractivity contribution in [2.75, 3.05) is 39.3 Å². The second kappa shape index (κ2) is 7.99. The maximum atomic E-state index is 12.4. The highest BCUT2D eigenvalue weighted by atomic mass is 32.2. The van der Waals surface area contributed by atoms with Gasteiger partial charge in [-0.1, -0.05) is 11.1 Å². The monoisotopic (exact) mass is 339 g/mol. The van der Waals surface area contributed by atoms with Crippen molar-refractivity contribution in [1.82, 2.24) is 19.7 Å². The molecular formula is C14H21N5O3S. The molecule has 1 N–H and O–H groups in total. The number of nitrogens with one attached hydrogen (secondary N) is 1. The van der Waals surface area contributed by atoms with Crippen molar-refractivity contribution >= 4 is 16.0 Å². The van der Waals surface area contributed by atoms with Gasteiger partial charge in [-0.25, -0.2) is 13.4 Å². The zero-order valence-corrected chi connectivity index (χ0v) is 13.9. The summed E-state index contributed by atoms with van der Waals surface area (Å²) in [5.41, 5.74) is 0.413. The molecule has 0 spiro atoms. The number of hydrogen-bond acceptors (Lipinski definition) is 5. The molecule has 0 aromatic carbocycles. The number of hydrogen-bond donors (Lipinski definition) is 1. The van der Waals surface area contributed by atoms with E-state index < -0.39 is 10.0 Å². The number of guanidine groups is 1. The first-order chi connectivity index (χ1) is 11.1. The normalized spacial score (nSPS) is 17.0. The van der Waals surface area contributed by atoms with Gasteiger partial charge in [-0.3, -0.25) is 0 Å². The predicted octanol–water partition coefficient (Wildman–Crippen LogP) is -0.279. The van der Waals surface area contributed by atoms with Crippen molar-refractivity contribution in [2.24, 2.45) is 4.99 Å². The Labute approximate surface area is 136 Å². The van der Waals surface area contributed by atoms with E-state index in [1.165, 1.54) is 10.6 Å². The van der Waals surface area contributed by atoms with Gasteiger partial charge in [-0.15, -0.1) is 6.42 Å². The SMILES string of the molecule is C#CCN=C(NCC)N1CCN(S(=O)(=O)Cc2ccon2)CC1. The summed E-state index contributed by atoms with van der Waals surface area (Å²) in [6, 6.07) is 1.56. The fourth-order valence-corrected chi connectivity index (χ4v) is 3.74. The second-order valence-electron chi connectivity index (χ2n) is 5.01. The summed E-state index contributed by atoms with van der Waals surface area (Å²) >= 11 is 0. The van der Waals surface area contributed by atoms with E-state index in [0.29, 0.717) is 38.4 Å². The highest BCUT2D eigenvalue weighted by molar-refractivity contribution is 7.88. The molecule has 8 nitrogen and oxygen atoms in total. The molecule has 0 saturated carbocycles. The molecule has 1 aromatic heterocycles. The van der Waals surface area contributed by atoms with Crippen molar-refractivity contribution in [3.8, 4) is 12.3 Å². The molecule has 0 unspecified atom stereocenters. The summed E-state index contributed by atoms with van der Waals surface area (Å²) in [5.74, 6) is 3.05. The molecule has 0 atom stereocenters. The molecule has 0 amide bonds. The average molecular weight is 339 g/mol. The van der Waals surface area contributed by atoms with Crippen LogP contribution < -0.4 is 5.32 Å². The molecule has 2 rings (SSSR count). The standard InChI is InChI=1S/C14H21N5O3S/c1-3-6-16-14(15-4-2)18-7-9-19(10-8-18)23(20,21)12-13-5-11-22-17-13/h1,5,11H,4,6-10,12H2,2H3,(H,15,16). The van der Waals surface area contributed by atoms with Gasteiger partial charge in [0.1, 0.15) is 18.6 Å². The Bertz CT molecular complexity index is 655. The van der Waals surface area contributed by atoms with E-state index >= 15 is 0 Å². The summed E-state index contributed by atoms with van der Waals surface area (Å²) in [6.07, 6.45) is 6.61. The Kier molecular flexibility index (Phi) is 6.01. The van der Waals surface area contributed by atoms with Gasteiger partial charge >= 0.3 is 0 Å². The van der Waals surface area contributed by atoms with Gasteiger partial charge < -0.3 is 14.7 Å². The largest absolute Gasteiger partial charge is 0.364 e. The van der Waals surface area contributed by atoms with Gasteiger partial charge in [-0.05, 0) is 6.92 Å². The Morgan fingerprint density at radius 3 is 2.78 bits per heavy atom. The number of rotatable bonds is 5. The van der Waals surface area contributed by atoms with Gasteiger partial charge in [0.15, 0.2) is 5.96 Å². The van der Waals surface area contributed by atoms with Crippen LogP contribution in [0.15, 0.2) is 21.8 Å². The maximum Gasteiger partial charge on any atom is 0.220 e. The number of piperazine rings is 1. The number of aliphatic imine (C=N–C) groups is 1. The predicted molar refractivity (Wildman–Crippen MR) is 87.1 cm³/mol. The van der Waals surface area contributed by atoms with Crippen LogP contribution in [0.4, 0.5) is 0 Å². The average Bonchev–Trinajstić information content (AvgIpc) is 3.04. The van der Waals surface area contributed by atoms with E-state index in [1.54, 1.807) is 6.07 Å². The van der Waals surface area contributed by atoms with E-state index in [4.69, 9.17) is 6.42 Å². The molecule has 9 heteroatoms. The fourth-order valence-electron chi connectivity index (χ4n) is 2.31. The molecule has 2 heterocycles. The van der Waals surface area contributed by atoms with E-state index in [9.17, 15) is 8.42 Å². The van der Waals surface area contributed by atoms with Gasteiger partial charge in [0, 0.05) is 38.8 Å². The Balaban J connectivity index is 1.96. The summed E-state index contributed by atoms with van der Waals surface area (Å²) < 4.78 is 30.9. The minimum Gasteiger partial charge on any atom is -0.364 e. The Hall–Kier alpha value is -2.05. The summed E-state index contributed by atoms with van der Waals surface area (Å²) in [7, 11) is -3.39. The van der Waals surface area contributed by atoms with Crippen LogP contribution in [0, 0.1) is 12.3 Å². The molecule has 1 aromatic rings. The van der Waals surface area contributed by atoms with Crippen molar-refractivity contribution < 1.29 is 12.9 Å². The minimum absolute atomic E-state index is 0.144. The van der Waals surface area contributed by atoms with Crippen LogP contribution in [0.25, 0.3) is 0 Å². The number of nitrogens with zero attached hydrogens (tertiary/aromatic N) is 4. The van der Waals surface area contributed by atoms with Crippen LogP contribution >= 0.6 is 0 Å². The Morgan fingerprint density at radius 2 is 2.22 bits per heavy atom. The molecule has 1 aliphatic rings. The quantitative estimate of drug-likeness (QED) is 0.451. The third kappa shape index (κ3) is 4.71. The number of aromatic nitrogens is 1. The smallest absolute Gasteiger partial charge is 0.220 e. The lowest BCUT2D eigenvalue weighted by molar-refractivity contribution is 0.260. The summed E-state index contributed by atoms with van der Waals surface area (Å²) in [6.45, 7) is 4.94. The third-order valence-electron chi connectivity index (χ3n) is 3.41. The van der Waals surface area contributed by atoms with E-state index in [-0.39, 0.29) is 5.75 Å². The molecule has 1 fully saturated rings. The van der Waals surface area contributed by atoms with Gasteiger partial charge in [0.25, 0.3) is 0 Å². The van der Waals surface area contributed by atoms with Crippen LogP contribution in [0.2, 0.25) is 0 Å². The first-order valence-electron chi connectivity index (χ1n) is 7.40. The molecule has 126 valence electrons. The van der Waals surface area contributed by atoms with Crippen LogP contribution in [0.1, 0.15) is 12.6 Å². The van der Waals surface area contributed by atoms with Crippen molar-refractivity contribution in [2.45, 2.75) is 12.7 Å².